The van der Waals surface area contributed by atoms with E-state index in [0.29, 0.717) is 4.68 Å². The lowest BCUT2D eigenvalue weighted by atomic mass is 10.6. The molecule has 0 aliphatic carbocycles. The van der Waals surface area contributed by atoms with Gasteiger partial charge in [0.1, 0.15) is 12.7 Å². The van der Waals surface area contributed by atoms with Crippen molar-refractivity contribution >= 4 is 0 Å². The van der Waals surface area contributed by atoms with Gasteiger partial charge in [-0.2, -0.15) is 18.3 Å². The highest BCUT2D eigenvalue weighted by atomic mass is 19.4. The van der Waals surface area contributed by atoms with Gasteiger partial charge in [0.2, 0.25) is 0 Å². The molecule has 54 valence electrons. The van der Waals surface area contributed by atoms with Crippen molar-refractivity contribution in [3.8, 4) is 0 Å². The van der Waals surface area contributed by atoms with E-state index in [1.54, 1.807) is 0 Å². The molecule has 1 heterocycles. The third-order valence-electron chi connectivity index (χ3n) is 0.786. The Morgan fingerprint density at radius 3 is 2.60 bits per heavy atom. The van der Waals surface area contributed by atoms with E-state index in [1.165, 1.54) is 6.07 Å². The third-order valence-corrected chi connectivity index (χ3v) is 0.786. The van der Waals surface area contributed by atoms with Crippen molar-refractivity contribution < 1.29 is 13.2 Å². The average Bonchev–Trinajstić information content (AvgIpc) is 2.12. The summed E-state index contributed by atoms with van der Waals surface area (Å²) in [4.78, 5) is 0. The van der Waals surface area contributed by atoms with Crippen LogP contribution in [0, 0.1) is 12.4 Å². The summed E-state index contributed by atoms with van der Waals surface area (Å²) < 4.78 is 35.2. The lowest BCUT2D eigenvalue weighted by molar-refractivity contribution is -0.142. The molecule has 0 bridgehead atoms. The van der Waals surface area contributed by atoms with Crippen LogP contribution >= 0.6 is 0 Å². The molecule has 0 saturated carbocycles. The van der Waals surface area contributed by atoms with Crippen LogP contribution in [0.1, 0.15) is 0 Å². The van der Waals surface area contributed by atoms with Crippen molar-refractivity contribution in [2.75, 3.05) is 0 Å². The minimum Gasteiger partial charge on any atom is -0.253 e. The molecule has 0 fully saturated rings. The number of aromatic nitrogens is 2. The maximum Gasteiger partial charge on any atom is 0.408 e. The predicted octanol–water partition coefficient (Wildman–Crippen LogP) is 1.05. The van der Waals surface area contributed by atoms with E-state index in [0.717, 1.165) is 0 Å². The van der Waals surface area contributed by atoms with Gasteiger partial charge in [-0.3, -0.25) is 4.68 Å². The molecule has 0 N–H and O–H groups in total. The van der Waals surface area contributed by atoms with E-state index < -0.39 is 12.7 Å². The van der Waals surface area contributed by atoms with Gasteiger partial charge in [-0.1, -0.05) is 0 Å². The Kier molecular flexibility index (Phi) is 1.65. The number of nitrogens with zero attached hydrogens (tertiary/aromatic N) is 2. The van der Waals surface area contributed by atoms with Crippen LogP contribution in [0.2, 0.25) is 0 Å². The van der Waals surface area contributed by atoms with Gasteiger partial charge in [0.15, 0.2) is 0 Å². The Morgan fingerprint density at radius 1 is 1.50 bits per heavy atom. The van der Waals surface area contributed by atoms with Crippen molar-refractivity contribution in [3.63, 3.8) is 0 Å². The molecule has 2 nitrogen and oxygen atoms in total. The second-order valence-electron chi connectivity index (χ2n) is 1.68. The molecule has 1 aromatic heterocycles. The first-order valence-electron chi connectivity index (χ1n) is 2.46. The van der Waals surface area contributed by atoms with Crippen molar-refractivity contribution in [2.24, 2.45) is 0 Å². The number of hydrogen-bond acceptors (Lipinski definition) is 1. The van der Waals surface area contributed by atoms with Gasteiger partial charge in [-0.15, -0.1) is 0 Å². The van der Waals surface area contributed by atoms with Gasteiger partial charge < -0.3 is 0 Å². The lowest BCUT2D eigenvalue weighted by Crippen LogP contribution is -2.17. The van der Waals surface area contributed by atoms with Crippen LogP contribution in [0.3, 0.4) is 0 Å². The smallest absolute Gasteiger partial charge is 0.253 e. The first-order chi connectivity index (χ1) is 4.58. The highest BCUT2D eigenvalue weighted by Gasteiger charge is 2.27. The molecule has 0 atom stereocenters. The third kappa shape index (κ3) is 2.08. The number of halogens is 3. The Labute approximate surface area is 55.3 Å². The van der Waals surface area contributed by atoms with Crippen molar-refractivity contribution in [3.05, 3.63) is 18.5 Å². The zero-order valence-electron chi connectivity index (χ0n) is 4.81. The molecule has 0 aliphatic heterocycles. The Bertz CT molecular complexity index is 189. The summed E-state index contributed by atoms with van der Waals surface area (Å²) in [6.07, 6.45) is 0.208. The van der Waals surface area contributed by atoms with Gasteiger partial charge in [0.25, 0.3) is 0 Å². The van der Waals surface area contributed by atoms with Crippen LogP contribution in [0.15, 0.2) is 6.07 Å². The number of alkyl halides is 3. The SMILES string of the molecule is FC(F)(F)Cn1[c]c[c]n1. The van der Waals surface area contributed by atoms with Crippen LogP contribution in [0.25, 0.3) is 0 Å². The molecule has 2 radical (unpaired) electrons. The van der Waals surface area contributed by atoms with Crippen LogP contribution in [0.5, 0.6) is 0 Å². The molecule has 0 aliphatic rings. The molecule has 1 aromatic rings. The first-order valence-corrected chi connectivity index (χ1v) is 2.46. The Balaban J connectivity index is 2.57. The summed E-state index contributed by atoms with van der Waals surface area (Å²) in [5.41, 5.74) is 0. The van der Waals surface area contributed by atoms with Crippen LogP contribution in [-0.2, 0) is 6.54 Å². The molecule has 0 unspecified atom stereocenters. The molecule has 5 heteroatoms. The lowest BCUT2D eigenvalue weighted by Gasteiger charge is -2.03. The van der Waals surface area contributed by atoms with Crippen molar-refractivity contribution in [2.45, 2.75) is 12.7 Å². The normalized spacial score (nSPS) is 11.9. The van der Waals surface area contributed by atoms with E-state index in [-0.39, 0.29) is 0 Å². The quantitative estimate of drug-likeness (QED) is 0.581. The number of hydrogen-bond donors (Lipinski definition) is 0. The average molecular weight is 148 g/mol. The monoisotopic (exact) mass is 148 g/mol. The summed E-state index contributed by atoms with van der Waals surface area (Å²) in [6, 6.07) is 1.20. The summed E-state index contributed by atoms with van der Waals surface area (Å²) in [7, 11) is 0. The van der Waals surface area contributed by atoms with Crippen molar-refractivity contribution in [1.29, 1.82) is 0 Å². The highest BCUT2D eigenvalue weighted by Crippen LogP contribution is 2.15. The van der Waals surface area contributed by atoms with Crippen LogP contribution < -0.4 is 0 Å². The topological polar surface area (TPSA) is 17.8 Å². The number of rotatable bonds is 1. The molecular formula is C5H3F3N2. The van der Waals surface area contributed by atoms with Gasteiger partial charge in [-0.05, 0) is 6.07 Å². The van der Waals surface area contributed by atoms with Gasteiger partial charge in [0.05, 0.1) is 6.20 Å². The Hall–Kier alpha value is -1.00. The maximum atomic E-state index is 11.5. The van der Waals surface area contributed by atoms with E-state index in [2.05, 4.69) is 17.5 Å². The Morgan fingerprint density at radius 2 is 2.20 bits per heavy atom. The first kappa shape index (κ1) is 7.11. The summed E-state index contributed by atoms with van der Waals surface area (Å²) in [6.45, 7) is -1.10. The van der Waals surface area contributed by atoms with E-state index in [9.17, 15) is 13.2 Å². The van der Waals surface area contributed by atoms with E-state index in [4.69, 9.17) is 0 Å². The summed E-state index contributed by atoms with van der Waals surface area (Å²) >= 11 is 0. The zero-order valence-corrected chi connectivity index (χ0v) is 4.81. The molecule has 0 spiro atoms. The predicted molar refractivity (Wildman–Crippen MR) is 26.0 cm³/mol. The fourth-order valence-electron chi connectivity index (χ4n) is 0.482. The minimum absolute atomic E-state index is 0.653. The molecular weight excluding hydrogens is 145 g/mol. The van der Waals surface area contributed by atoms with E-state index in [1.807, 2.05) is 0 Å². The second-order valence-corrected chi connectivity index (χ2v) is 1.68. The fourth-order valence-corrected chi connectivity index (χ4v) is 0.482. The molecule has 0 amide bonds. The fraction of sp³-hybridized carbons (Fsp3) is 0.400. The maximum absolute atomic E-state index is 11.5. The van der Waals surface area contributed by atoms with Crippen molar-refractivity contribution in [1.82, 2.24) is 9.78 Å². The second kappa shape index (κ2) is 2.32. The molecule has 0 saturated heterocycles. The highest BCUT2D eigenvalue weighted by molar-refractivity contribution is 4.73. The molecule has 0 aromatic carbocycles. The van der Waals surface area contributed by atoms with E-state index >= 15 is 0 Å². The summed E-state index contributed by atoms with van der Waals surface area (Å²) in [5, 5.41) is 3.22. The standard InChI is InChI=1S/C5H3F3N2/c6-5(7,8)4-10-3-1-2-9-10/h1H,4H2. The van der Waals surface area contributed by atoms with Crippen LogP contribution in [-0.4, -0.2) is 16.0 Å². The van der Waals surface area contributed by atoms with Gasteiger partial charge in [-0.25, -0.2) is 0 Å². The zero-order chi connectivity index (χ0) is 7.61. The van der Waals surface area contributed by atoms with Gasteiger partial charge in [0, 0.05) is 0 Å². The molecule has 10 heavy (non-hydrogen) atoms. The molecule has 1 rings (SSSR count). The minimum atomic E-state index is -4.23. The largest absolute Gasteiger partial charge is 0.408 e. The van der Waals surface area contributed by atoms with Crippen LogP contribution in [0.4, 0.5) is 13.2 Å². The summed E-state index contributed by atoms with van der Waals surface area (Å²) in [5.74, 6) is 0. The van der Waals surface area contributed by atoms with Gasteiger partial charge >= 0.3 is 6.18 Å².